The first-order chi connectivity index (χ1) is 9.42. The largest absolute Gasteiger partial charge is 0.481 e. The summed E-state index contributed by atoms with van der Waals surface area (Å²) in [6.45, 7) is 2.43. The number of carboxylic acids is 1. The van der Waals surface area contributed by atoms with Gasteiger partial charge in [-0.25, -0.2) is 0 Å². The van der Waals surface area contributed by atoms with E-state index in [1.807, 2.05) is 24.3 Å². The van der Waals surface area contributed by atoms with Crippen LogP contribution < -0.4 is 0 Å². The average Bonchev–Trinajstić information content (AvgIpc) is 2.82. The number of amides is 1. The molecular formula is C15H16BrNO3. The molecule has 0 spiro atoms. The molecule has 1 fully saturated rings. The fourth-order valence-corrected chi connectivity index (χ4v) is 2.62. The van der Waals surface area contributed by atoms with Crippen LogP contribution in [0.2, 0.25) is 0 Å². The summed E-state index contributed by atoms with van der Waals surface area (Å²) in [5.74, 6) is -0.992. The molecule has 1 aromatic rings. The standard InChI is InChI=1S/C15H16BrNO3/c1-15(14(19)20)8-9-17(10-15)13(18)7-6-11-4-2-3-5-12(11)16/h2-7H,8-10H2,1H3,(H,19,20). The summed E-state index contributed by atoms with van der Waals surface area (Å²) >= 11 is 3.41. The van der Waals surface area contributed by atoms with Crippen molar-refractivity contribution in [2.24, 2.45) is 5.41 Å². The number of hydrogen-bond donors (Lipinski definition) is 1. The van der Waals surface area contributed by atoms with Crippen LogP contribution in [0.1, 0.15) is 18.9 Å². The first kappa shape index (κ1) is 14.8. The number of rotatable bonds is 3. The third kappa shape index (κ3) is 3.10. The topological polar surface area (TPSA) is 57.6 Å². The molecule has 1 aromatic carbocycles. The van der Waals surface area contributed by atoms with Gasteiger partial charge in [-0.2, -0.15) is 0 Å². The van der Waals surface area contributed by atoms with Crippen molar-refractivity contribution in [3.63, 3.8) is 0 Å². The number of hydrogen-bond acceptors (Lipinski definition) is 2. The second-order valence-corrected chi connectivity index (χ2v) is 6.08. The Hall–Kier alpha value is -1.62. The molecule has 1 unspecified atom stereocenters. The summed E-state index contributed by atoms with van der Waals surface area (Å²) in [6.07, 6.45) is 3.73. The van der Waals surface area contributed by atoms with Gasteiger partial charge in [0.05, 0.1) is 5.41 Å². The predicted octanol–water partition coefficient (Wildman–Crippen LogP) is 2.79. The van der Waals surface area contributed by atoms with E-state index in [2.05, 4.69) is 15.9 Å². The van der Waals surface area contributed by atoms with Gasteiger partial charge in [-0.1, -0.05) is 34.1 Å². The molecule has 1 saturated heterocycles. The van der Waals surface area contributed by atoms with Crippen molar-refractivity contribution in [1.29, 1.82) is 0 Å². The molecule has 1 atom stereocenters. The van der Waals surface area contributed by atoms with Gasteiger partial charge in [0.2, 0.25) is 5.91 Å². The Morgan fingerprint density at radius 1 is 1.40 bits per heavy atom. The highest BCUT2D eigenvalue weighted by Gasteiger charge is 2.41. The highest BCUT2D eigenvalue weighted by Crippen LogP contribution is 2.30. The smallest absolute Gasteiger partial charge is 0.311 e. The van der Waals surface area contributed by atoms with Crippen LogP contribution in [-0.2, 0) is 9.59 Å². The van der Waals surface area contributed by atoms with Crippen molar-refractivity contribution in [2.75, 3.05) is 13.1 Å². The lowest BCUT2D eigenvalue weighted by atomic mass is 9.90. The zero-order valence-corrected chi connectivity index (χ0v) is 12.8. The van der Waals surface area contributed by atoms with E-state index in [1.54, 1.807) is 17.9 Å². The molecule has 4 nitrogen and oxygen atoms in total. The van der Waals surface area contributed by atoms with Crippen LogP contribution in [0.3, 0.4) is 0 Å². The molecule has 0 aromatic heterocycles. The summed E-state index contributed by atoms with van der Waals surface area (Å²) in [4.78, 5) is 24.8. The van der Waals surface area contributed by atoms with E-state index < -0.39 is 11.4 Å². The predicted molar refractivity (Wildman–Crippen MR) is 80.1 cm³/mol. The maximum atomic E-state index is 12.1. The number of aliphatic carboxylic acids is 1. The SMILES string of the molecule is CC1(C(=O)O)CCN(C(=O)C=Cc2ccccc2Br)C1. The molecule has 5 heteroatoms. The van der Waals surface area contributed by atoms with Gasteiger partial charge in [-0.15, -0.1) is 0 Å². The Bertz CT molecular complexity index is 570. The van der Waals surface area contributed by atoms with E-state index >= 15 is 0 Å². The quantitative estimate of drug-likeness (QED) is 0.863. The zero-order chi connectivity index (χ0) is 14.8. The van der Waals surface area contributed by atoms with E-state index in [1.165, 1.54) is 6.08 Å². The molecule has 0 saturated carbocycles. The van der Waals surface area contributed by atoms with Crippen molar-refractivity contribution >= 4 is 33.9 Å². The lowest BCUT2D eigenvalue weighted by molar-refractivity contribution is -0.147. The summed E-state index contributed by atoms with van der Waals surface area (Å²) in [7, 11) is 0. The zero-order valence-electron chi connectivity index (χ0n) is 11.2. The number of nitrogens with zero attached hydrogens (tertiary/aromatic N) is 1. The second kappa shape index (κ2) is 5.79. The van der Waals surface area contributed by atoms with Gasteiger partial charge in [0.25, 0.3) is 0 Å². The van der Waals surface area contributed by atoms with Gasteiger partial charge in [0.1, 0.15) is 0 Å². The fraction of sp³-hybridized carbons (Fsp3) is 0.333. The maximum absolute atomic E-state index is 12.1. The average molecular weight is 338 g/mol. The highest BCUT2D eigenvalue weighted by atomic mass is 79.9. The molecule has 106 valence electrons. The maximum Gasteiger partial charge on any atom is 0.311 e. The van der Waals surface area contributed by atoms with Gasteiger partial charge in [-0.05, 0) is 31.1 Å². The van der Waals surface area contributed by atoms with Crippen molar-refractivity contribution < 1.29 is 14.7 Å². The van der Waals surface area contributed by atoms with Crippen LogP contribution in [0.4, 0.5) is 0 Å². The molecule has 0 radical (unpaired) electrons. The van der Waals surface area contributed by atoms with Crippen LogP contribution in [-0.4, -0.2) is 35.0 Å². The Balaban J connectivity index is 2.04. The van der Waals surface area contributed by atoms with Crippen molar-refractivity contribution in [1.82, 2.24) is 4.90 Å². The van der Waals surface area contributed by atoms with E-state index in [-0.39, 0.29) is 12.5 Å². The fourth-order valence-electron chi connectivity index (χ4n) is 2.20. The highest BCUT2D eigenvalue weighted by molar-refractivity contribution is 9.10. The first-order valence-electron chi connectivity index (χ1n) is 6.37. The molecule has 1 N–H and O–H groups in total. The minimum Gasteiger partial charge on any atom is -0.481 e. The summed E-state index contributed by atoms with van der Waals surface area (Å²) < 4.78 is 0.917. The van der Waals surface area contributed by atoms with E-state index in [0.29, 0.717) is 13.0 Å². The Morgan fingerprint density at radius 3 is 2.70 bits per heavy atom. The van der Waals surface area contributed by atoms with Gasteiger partial charge in [-0.3, -0.25) is 9.59 Å². The molecule has 0 bridgehead atoms. The van der Waals surface area contributed by atoms with Crippen LogP contribution in [0.5, 0.6) is 0 Å². The number of carbonyl (C=O) groups is 2. The third-order valence-electron chi connectivity index (χ3n) is 3.61. The van der Waals surface area contributed by atoms with Gasteiger partial charge in [0.15, 0.2) is 0 Å². The lowest BCUT2D eigenvalue weighted by Gasteiger charge is -2.19. The molecular weight excluding hydrogens is 322 g/mol. The molecule has 1 aliphatic heterocycles. The molecule has 20 heavy (non-hydrogen) atoms. The second-order valence-electron chi connectivity index (χ2n) is 5.23. The van der Waals surface area contributed by atoms with Crippen LogP contribution in [0.15, 0.2) is 34.8 Å². The van der Waals surface area contributed by atoms with Gasteiger partial charge >= 0.3 is 5.97 Å². The van der Waals surface area contributed by atoms with Crippen molar-refractivity contribution in [2.45, 2.75) is 13.3 Å². The molecule has 2 rings (SSSR count). The normalized spacial score (nSPS) is 22.4. The van der Waals surface area contributed by atoms with Gasteiger partial charge < -0.3 is 10.0 Å². The van der Waals surface area contributed by atoms with Crippen molar-refractivity contribution in [3.8, 4) is 0 Å². The Morgan fingerprint density at radius 2 is 2.10 bits per heavy atom. The summed E-state index contributed by atoms with van der Waals surface area (Å²) in [5, 5.41) is 9.15. The molecule has 1 aliphatic rings. The minimum atomic E-state index is -0.845. The molecule has 1 amide bonds. The van der Waals surface area contributed by atoms with E-state index in [9.17, 15) is 9.59 Å². The summed E-state index contributed by atoms with van der Waals surface area (Å²) in [6, 6.07) is 7.61. The first-order valence-corrected chi connectivity index (χ1v) is 7.17. The Labute approximate surface area is 126 Å². The van der Waals surface area contributed by atoms with Crippen LogP contribution >= 0.6 is 15.9 Å². The summed E-state index contributed by atoms with van der Waals surface area (Å²) in [5.41, 5.74) is 0.0950. The molecule has 1 heterocycles. The van der Waals surface area contributed by atoms with Gasteiger partial charge in [0, 0.05) is 23.6 Å². The number of halogens is 1. The Kier molecular flexibility index (Phi) is 4.28. The number of benzene rings is 1. The number of carboxylic acid groups (broad SMARTS) is 1. The van der Waals surface area contributed by atoms with Crippen LogP contribution in [0, 0.1) is 5.41 Å². The molecule has 0 aliphatic carbocycles. The minimum absolute atomic E-state index is 0.147. The van der Waals surface area contributed by atoms with E-state index in [0.717, 1.165) is 10.0 Å². The van der Waals surface area contributed by atoms with Crippen molar-refractivity contribution in [3.05, 3.63) is 40.4 Å². The van der Waals surface area contributed by atoms with E-state index in [4.69, 9.17) is 5.11 Å². The van der Waals surface area contributed by atoms with Crippen LogP contribution in [0.25, 0.3) is 6.08 Å². The monoisotopic (exact) mass is 337 g/mol. The number of carbonyl (C=O) groups excluding carboxylic acids is 1. The third-order valence-corrected chi connectivity index (χ3v) is 4.33. The lowest BCUT2D eigenvalue weighted by Crippen LogP contribution is -2.34. The number of likely N-dealkylation sites (tertiary alicyclic amines) is 1.